The number of carbonyl (C=O) groups excluding carboxylic acids is 1. The molecule has 6 heteroatoms. The minimum atomic E-state index is -0.0543. The van der Waals surface area contributed by atoms with Gasteiger partial charge in [-0.15, -0.1) is 0 Å². The van der Waals surface area contributed by atoms with Gasteiger partial charge in [0.2, 0.25) is 11.8 Å². The van der Waals surface area contributed by atoms with E-state index in [4.69, 9.17) is 4.74 Å². The number of para-hydroxylation sites is 1. The molecule has 26 heavy (non-hydrogen) atoms. The lowest BCUT2D eigenvalue weighted by Gasteiger charge is -2.12. The van der Waals surface area contributed by atoms with Crippen molar-refractivity contribution in [2.75, 3.05) is 0 Å². The van der Waals surface area contributed by atoms with Crippen molar-refractivity contribution in [2.45, 2.75) is 26.3 Å². The molecule has 132 valence electrons. The maximum Gasteiger partial charge on any atom is 0.224 e. The third-order valence-electron chi connectivity index (χ3n) is 3.85. The summed E-state index contributed by atoms with van der Waals surface area (Å²) in [6.45, 7) is 2.33. The molecule has 0 atom stereocenters. The van der Waals surface area contributed by atoms with Gasteiger partial charge in [0, 0.05) is 43.3 Å². The molecule has 3 aromatic rings. The van der Waals surface area contributed by atoms with E-state index in [1.54, 1.807) is 24.8 Å². The zero-order valence-corrected chi connectivity index (χ0v) is 14.6. The van der Waals surface area contributed by atoms with Gasteiger partial charge in [0.25, 0.3) is 0 Å². The monoisotopic (exact) mass is 348 g/mol. The summed E-state index contributed by atoms with van der Waals surface area (Å²) in [6, 6.07) is 11.5. The molecule has 0 saturated carbocycles. The second kappa shape index (κ2) is 8.71. The van der Waals surface area contributed by atoms with Gasteiger partial charge in [-0.3, -0.25) is 14.8 Å². The van der Waals surface area contributed by atoms with Crippen LogP contribution in [-0.4, -0.2) is 20.9 Å². The van der Waals surface area contributed by atoms with Crippen LogP contribution in [0.3, 0.4) is 0 Å². The minimum Gasteiger partial charge on any atom is -0.438 e. The van der Waals surface area contributed by atoms with Gasteiger partial charge in [0.1, 0.15) is 5.75 Å². The summed E-state index contributed by atoms with van der Waals surface area (Å²) in [5, 5.41) is 2.90. The summed E-state index contributed by atoms with van der Waals surface area (Å²) in [6.07, 6.45) is 7.49. The van der Waals surface area contributed by atoms with Gasteiger partial charge in [-0.25, -0.2) is 4.98 Å². The first-order valence-electron chi connectivity index (χ1n) is 8.41. The van der Waals surface area contributed by atoms with E-state index >= 15 is 0 Å². The van der Waals surface area contributed by atoms with Crippen LogP contribution in [0.1, 0.15) is 23.2 Å². The van der Waals surface area contributed by atoms with Crippen LogP contribution in [0.5, 0.6) is 11.6 Å². The third-order valence-corrected chi connectivity index (χ3v) is 3.85. The predicted molar refractivity (Wildman–Crippen MR) is 97.7 cm³/mol. The highest BCUT2D eigenvalue weighted by molar-refractivity contribution is 5.76. The minimum absolute atomic E-state index is 0.0543. The van der Waals surface area contributed by atoms with Crippen LogP contribution in [0.4, 0.5) is 0 Å². The first-order valence-corrected chi connectivity index (χ1v) is 8.41. The van der Waals surface area contributed by atoms with Crippen LogP contribution >= 0.6 is 0 Å². The smallest absolute Gasteiger partial charge is 0.224 e. The fourth-order valence-corrected chi connectivity index (χ4v) is 2.41. The number of hydrogen-bond donors (Lipinski definition) is 1. The molecule has 0 bridgehead atoms. The highest BCUT2D eigenvalue weighted by Crippen LogP contribution is 2.25. The molecule has 0 aliphatic carbocycles. The standard InChI is InChI=1S/C20H20N4O2/c1-15-5-2-3-7-18(15)26-20-16(6-4-10-23-20)13-24-19(25)9-8-17-14-21-11-12-22-17/h2-7,10-12,14H,8-9,13H2,1H3,(H,24,25). The highest BCUT2D eigenvalue weighted by Gasteiger charge is 2.09. The quantitative estimate of drug-likeness (QED) is 0.709. The van der Waals surface area contributed by atoms with Crippen molar-refractivity contribution in [3.63, 3.8) is 0 Å². The average Bonchev–Trinajstić information content (AvgIpc) is 2.68. The first-order chi connectivity index (χ1) is 12.7. The van der Waals surface area contributed by atoms with Crippen LogP contribution in [0.2, 0.25) is 0 Å². The summed E-state index contributed by atoms with van der Waals surface area (Å²) in [7, 11) is 0. The van der Waals surface area contributed by atoms with E-state index in [0.29, 0.717) is 25.3 Å². The van der Waals surface area contributed by atoms with Gasteiger partial charge < -0.3 is 10.1 Å². The molecule has 0 radical (unpaired) electrons. The largest absolute Gasteiger partial charge is 0.438 e. The Balaban J connectivity index is 1.58. The Morgan fingerprint density at radius 2 is 1.96 bits per heavy atom. The molecular weight excluding hydrogens is 328 g/mol. The molecule has 0 saturated heterocycles. The Hall–Kier alpha value is -3.28. The molecule has 0 aliphatic heterocycles. The van der Waals surface area contributed by atoms with Crippen LogP contribution in [0, 0.1) is 6.92 Å². The number of nitrogens with zero attached hydrogens (tertiary/aromatic N) is 3. The van der Waals surface area contributed by atoms with E-state index in [1.165, 1.54) is 0 Å². The number of ether oxygens (including phenoxy) is 1. The maximum absolute atomic E-state index is 12.1. The first kappa shape index (κ1) is 17.5. The third kappa shape index (κ3) is 4.86. The Morgan fingerprint density at radius 3 is 2.77 bits per heavy atom. The fourth-order valence-electron chi connectivity index (χ4n) is 2.41. The van der Waals surface area contributed by atoms with Crippen molar-refractivity contribution in [1.82, 2.24) is 20.3 Å². The second-order valence-corrected chi connectivity index (χ2v) is 5.81. The number of pyridine rings is 1. The normalized spacial score (nSPS) is 10.3. The van der Waals surface area contributed by atoms with Crippen LogP contribution in [0.25, 0.3) is 0 Å². The zero-order chi connectivity index (χ0) is 18.2. The van der Waals surface area contributed by atoms with E-state index in [1.807, 2.05) is 43.3 Å². The van der Waals surface area contributed by atoms with E-state index in [2.05, 4.69) is 20.3 Å². The van der Waals surface area contributed by atoms with E-state index in [-0.39, 0.29) is 5.91 Å². The van der Waals surface area contributed by atoms with Crippen LogP contribution < -0.4 is 10.1 Å². The van der Waals surface area contributed by atoms with Gasteiger partial charge in [0.05, 0.1) is 5.69 Å². The van der Waals surface area contributed by atoms with Gasteiger partial charge in [-0.05, 0) is 31.0 Å². The number of benzene rings is 1. The molecule has 1 aromatic carbocycles. The van der Waals surface area contributed by atoms with Gasteiger partial charge in [0.15, 0.2) is 0 Å². The number of nitrogens with one attached hydrogen (secondary N) is 1. The number of aryl methyl sites for hydroxylation is 2. The van der Waals surface area contributed by atoms with E-state index in [0.717, 1.165) is 22.6 Å². The Morgan fingerprint density at radius 1 is 1.08 bits per heavy atom. The maximum atomic E-state index is 12.1. The van der Waals surface area contributed by atoms with Crippen molar-refractivity contribution in [2.24, 2.45) is 0 Å². The fraction of sp³-hybridized carbons (Fsp3) is 0.200. The van der Waals surface area contributed by atoms with Crippen molar-refractivity contribution in [3.05, 3.63) is 78.0 Å². The molecule has 0 spiro atoms. The Labute approximate surface area is 152 Å². The molecule has 2 heterocycles. The Bertz CT molecular complexity index is 868. The second-order valence-electron chi connectivity index (χ2n) is 5.81. The molecule has 1 N–H and O–H groups in total. The lowest BCUT2D eigenvalue weighted by Crippen LogP contribution is -2.23. The summed E-state index contributed by atoms with van der Waals surface area (Å²) in [5.74, 6) is 1.19. The van der Waals surface area contributed by atoms with Crippen LogP contribution in [0.15, 0.2) is 61.2 Å². The molecule has 2 aromatic heterocycles. The number of aromatic nitrogens is 3. The topological polar surface area (TPSA) is 77.0 Å². The molecule has 0 aliphatic rings. The predicted octanol–water partition coefficient (Wildman–Crippen LogP) is 3.22. The van der Waals surface area contributed by atoms with Crippen LogP contribution in [-0.2, 0) is 17.8 Å². The summed E-state index contributed by atoms with van der Waals surface area (Å²) < 4.78 is 5.92. The van der Waals surface area contributed by atoms with Gasteiger partial charge in [-0.1, -0.05) is 24.3 Å². The lowest BCUT2D eigenvalue weighted by atomic mass is 10.2. The lowest BCUT2D eigenvalue weighted by molar-refractivity contribution is -0.121. The summed E-state index contributed by atoms with van der Waals surface area (Å²) in [5.41, 5.74) is 2.65. The van der Waals surface area contributed by atoms with E-state index < -0.39 is 0 Å². The molecule has 6 nitrogen and oxygen atoms in total. The summed E-state index contributed by atoms with van der Waals surface area (Å²) >= 11 is 0. The molecular formula is C20H20N4O2. The summed E-state index contributed by atoms with van der Waals surface area (Å²) in [4.78, 5) is 24.5. The number of rotatable bonds is 7. The van der Waals surface area contributed by atoms with Gasteiger partial charge in [-0.2, -0.15) is 0 Å². The van der Waals surface area contributed by atoms with E-state index in [9.17, 15) is 4.79 Å². The Kier molecular flexibility index (Phi) is 5.88. The van der Waals surface area contributed by atoms with Crippen molar-refractivity contribution < 1.29 is 9.53 Å². The highest BCUT2D eigenvalue weighted by atomic mass is 16.5. The zero-order valence-electron chi connectivity index (χ0n) is 14.6. The SMILES string of the molecule is Cc1ccccc1Oc1ncccc1CNC(=O)CCc1cnccn1. The van der Waals surface area contributed by atoms with Crippen molar-refractivity contribution >= 4 is 5.91 Å². The van der Waals surface area contributed by atoms with Crippen molar-refractivity contribution in [1.29, 1.82) is 0 Å². The number of hydrogen-bond acceptors (Lipinski definition) is 5. The molecule has 1 amide bonds. The molecule has 0 unspecified atom stereocenters. The molecule has 0 fully saturated rings. The number of amides is 1. The van der Waals surface area contributed by atoms with Gasteiger partial charge >= 0.3 is 0 Å². The van der Waals surface area contributed by atoms with Crippen molar-refractivity contribution in [3.8, 4) is 11.6 Å². The number of carbonyl (C=O) groups is 1. The average molecular weight is 348 g/mol. The molecule has 3 rings (SSSR count).